The summed E-state index contributed by atoms with van der Waals surface area (Å²) >= 11 is 0. The Labute approximate surface area is 182 Å². The van der Waals surface area contributed by atoms with Gasteiger partial charge in [0.1, 0.15) is 11.5 Å². The van der Waals surface area contributed by atoms with Crippen molar-refractivity contribution in [3.8, 4) is 17.2 Å². The molecule has 5 rings (SSSR count). The van der Waals surface area contributed by atoms with Crippen molar-refractivity contribution >= 4 is 11.6 Å². The quantitative estimate of drug-likeness (QED) is 0.682. The number of piperidine rings is 1. The van der Waals surface area contributed by atoms with Crippen molar-refractivity contribution in [3.05, 3.63) is 72.1 Å². The average Bonchev–Trinajstić information content (AvgIpc) is 3.31. The van der Waals surface area contributed by atoms with Crippen LogP contribution in [-0.2, 0) is 5.54 Å². The molecule has 160 valence electrons. The molecule has 0 aliphatic carbocycles. The molecular formula is C25H27N3O3. The number of anilines is 1. The highest BCUT2D eigenvalue weighted by Gasteiger charge is 2.42. The Bertz CT molecular complexity index is 1100. The van der Waals surface area contributed by atoms with Crippen molar-refractivity contribution in [2.45, 2.75) is 25.3 Å². The molecule has 0 atom stereocenters. The number of aromatic nitrogens is 1. The number of ether oxygens (including phenoxy) is 2. The maximum Gasteiger partial charge on any atom is 0.253 e. The summed E-state index contributed by atoms with van der Waals surface area (Å²) in [6.07, 6.45) is 3.81. The molecule has 1 amide bonds. The third-order valence-corrected chi connectivity index (χ3v) is 6.39. The fourth-order valence-corrected chi connectivity index (χ4v) is 4.77. The molecule has 1 N–H and O–H groups in total. The molecule has 6 nitrogen and oxygen atoms in total. The summed E-state index contributed by atoms with van der Waals surface area (Å²) in [5.74, 6) is 1.70. The van der Waals surface area contributed by atoms with E-state index in [4.69, 9.17) is 9.47 Å². The van der Waals surface area contributed by atoms with E-state index in [1.165, 1.54) is 5.69 Å². The number of hydrogen-bond acceptors (Lipinski definition) is 4. The number of likely N-dealkylation sites (tertiary alicyclic amines) is 1. The van der Waals surface area contributed by atoms with Crippen molar-refractivity contribution in [2.24, 2.45) is 0 Å². The molecule has 2 aromatic carbocycles. The minimum absolute atomic E-state index is 0.0720. The van der Waals surface area contributed by atoms with Crippen LogP contribution in [0.1, 0.15) is 35.8 Å². The molecule has 31 heavy (non-hydrogen) atoms. The number of fused-ring (bicyclic) bond motifs is 4. The van der Waals surface area contributed by atoms with E-state index in [0.717, 1.165) is 35.7 Å². The summed E-state index contributed by atoms with van der Waals surface area (Å²) in [5.41, 5.74) is 3.96. The Morgan fingerprint density at radius 3 is 2.52 bits per heavy atom. The zero-order valence-electron chi connectivity index (χ0n) is 17.9. The van der Waals surface area contributed by atoms with E-state index >= 15 is 0 Å². The van der Waals surface area contributed by atoms with Gasteiger partial charge in [0.2, 0.25) is 0 Å². The highest BCUT2D eigenvalue weighted by molar-refractivity contribution is 5.94. The topological polar surface area (TPSA) is 55.7 Å². The largest absolute Gasteiger partial charge is 0.497 e. The zero-order valence-corrected chi connectivity index (χ0v) is 17.9. The van der Waals surface area contributed by atoms with Crippen LogP contribution in [0.4, 0.5) is 5.69 Å². The normalized spacial score (nSPS) is 16.3. The van der Waals surface area contributed by atoms with E-state index in [1.54, 1.807) is 7.11 Å². The van der Waals surface area contributed by atoms with Crippen molar-refractivity contribution < 1.29 is 14.3 Å². The van der Waals surface area contributed by atoms with Crippen molar-refractivity contribution in [3.63, 3.8) is 0 Å². The van der Waals surface area contributed by atoms with E-state index in [2.05, 4.69) is 40.3 Å². The van der Waals surface area contributed by atoms with Gasteiger partial charge in [0.05, 0.1) is 30.6 Å². The first-order valence-electron chi connectivity index (χ1n) is 10.8. The van der Waals surface area contributed by atoms with Crippen LogP contribution in [0.15, 0.2) is 60.8 Å². The van der Waals surface area contributed by atoms with Gasteiger partial charge in [-0.2, -0.15) is 0 Å². The fraction of sp³-hybridized carbons (Fsp3) is 0.320. The number of carbonyl (C=O) groups excluding carboxylic acids is 1. The predicted octanol–water partition coefficient (Wildman–Crippen LogP) is 4.44. The Balaban J connectivity index is 1.38. The minimum atomic E-state index is -0.196. The molecular weight excluding hydrogens is 390 g/mol. The molecule has 1 aromatic heterocycles. The summed E-state index contributed by atoms with van der Waals surface area (Å²) < 4.78 is 13.2. The lowest BCUT2D eigenvalue weighted by atomic mass is 9.82. The molecule has 0 unspecified atom stereocenters. The summed E-state index contributed by atoms with van der Waals surface area (Å²) in [6.45, 7) is 4.03. The molecule has 0 radical (unpaired) electrons. The number of benzene rings is 2. The SMILES string of the molecule is CCOc1ccc2c(c1)NC1(CCN(C(=O)c3ccc(OC)cc3)CC1)c1cccn1-2. The Morgan fingerprint density at radius 1 is 1.06 bits per heavy atom. The summed E-state index contributed by atoms with van der Waals surface area (Å²) in [6, 6.07) is 17.8. The van der Waals surface area contributed by atoms with Gasteiger partial charge in [-0.15, -0.1) is 0 Å². The summed E-state index contributed by atoms with van der Waals surface area (Å²) in [4.78, 5) is 15.0. The lowest BCUT2D eigenvalue weighted by Gasteiger charge is -2.46. The van der Waals surface area contributed by atoms with E-state index in [0.29, 0.717) is 25.3 Å². The molecule has 2 aliphatic rings. The molecule has 1 saturated heterocycles. The van der Waals surface area contributed by atoms with Gasteiger partial charge in [-0.1, -0.05) is 0 Å². The van der Waals surface area contributed by atoms with Crippen LogP contribution in [0.25, 0.3) is 5.69 Å². The minimum Gasteiger partial charge on any atom is -0.497 e. The number of methoxy groups -OCH3 is 1. The molecule has 1 spiro atoms. The summed E-state index contributed by atoms with van der Waals surface area (Å²) in [5, 5.41) is 3.81. The molecule has 0 saturated carbocycles. The molecule has 1 fully saturated rings. The van der Waals surface area contributed by atoms with E-state index in [9.17, 15) is 4.79 Å². The maximum absolute atomic E-state index is 13.0. The first-order valence-corrected chi connectivity index (χ1v) is 10.8. The molecule has 3 heterocycles. The van der Waals surface area contributed by atoms with E-state index in [-0.39, 0.29) is 11.4 Å². The van der Waals surface area contributed by atoms with Crippen LogP contribution in [0.3, 0.4) is 0 Å². The Hall–Kier alpha value is -3.41. The number of nitrogens with one attached hydrogen (secondary N) is 1. The smallest absolute Gasteiger partial charge is 0.253 e. The van der Waals surface area contributed by atoms with Gasteiger partial charge in [-0.25, -0.2) is 0 Å². The second kappa shape index (κ2) is 7.69. The van der Waals surface area contributed by atoms with Crippen LogP contribution < -0.4 is 14.8 Å². The van der Waals surface area contributed by atoms with Gasteiger partial charge in [0.15, 0.2) is 0 Å². The van der Waals surface area contributed by atoms with Gasteiger partial charge >= 0.3 is 0 Å². The van der Waals surface area contributed by atoms with Crippen LogP contribution >= 0.6 is 0 Å². The number of carbonyl (C=O) groups is 1. The summed E-state index contributed by atoms with van der Waals surface area (Å²) in [7, 11) is 1.63. The number of nitrogens with zero attached hydrogens (tertiary/aromatic N) is 2. The van der Waals surface area contributed by atoms with E-state index < -0.39 is 0 Å². The molecule has 3 aromatic rings. The van der Waals surface area contributed by atoms with Gasteiger partial charge in [-0.05, 0) is 68.3 Å². The van der Waals surface area contributed by atoms with Crippen molar-refractivity contribution in [1.29, 1.82) is 0 Å². The molecule has 6 heteroatoms. The van der Waals surface area contributed by atoms with Crippen LogP contribution in [-0.4, -0.2) is 42.2 Å². The second-order valence-electron chi connectivity index (χ2n) is 8.10. The predicted molar refractivity (Wildman–Crippen MR) is 120 cm³/mol. The third kappa shape index (κ3) is 3.32. The van der Waals surface area contributed by atoms with E-state index in [1.807, 2.05) is 42.2 Å². The fourth-order valence-electron chi connectivity index (χ4n) is 4.77. The van der Waals surface area contributed by atoms with Crippen molar-refractivity contribution in [2.75, 3.05) is 32.1 Å². The highest BCUT2D eigenvalue weighted by Crippen LogP contribution is 2.44. The average molecular weight is 418 g/mol. The number of amides is 1. The van der Waals surface area contributed by atoms with Crippen LogP contribution in [0.5, 0.6) is 11.5 Å². The molecule has 2 aliphatic heterocycles. The second-order valence-corrected chi connectivity index (χ2v) is 8.10. The number of rotatable bonds is 4. The monoisotopic (exact) mass is 417 g/mol. The highest BCUT2D eigenvalue weighted by atomic mass is 16.5. The van der Waals surface area contributed by atoms with Gasteiger partial charge in [0.25, 0.3) is 5.91 Å². The van der Waals surface area contributed by atoms with Crippen molar-refractivity contribution in [1.82, 2.24) is 9.47 Å². The maximum atomic E-state index is 13.0. The lowest BCUT2D eigenvalue weighted by Crippen LogP contribution is -2.51. The first-order chi connectivity index (χ1) is 15.1. The zero-order chi connectivity index (χ0) is 21.4. The standard InChI is InChI=1S/C25H27N3O3/c1-3-31-20-10-11-22-21(17-20)26-25(23-5-4-14-28(22)23)12-15-27(16-13-25)24(29)18-6-8-19(30-2)9-7-18/h4-11,14,17,26H,3,12-13,15-16H2,1-2H3. The third-order valence-electron chi connectivity index (χ3n) is 6.39. The van der Waals surface area contributed by atoms with Gasteiger partial charge in [0, 0.05) is 36.6 Å². The van der Waals surface area contributed by atoms with Gasteiger partial charge in [-0.3, -0.25) is 4.79 Å². The molecule has 0 bridgehead atoms. The Morgan fingerprint density at radius 2 is 1.81 bits per heavy atom. The Kier molecular flexibility index (Phi) is 4.85. The van der Waals surface area contributed by atoms with Gasteiger partial charge < -0.3 is 24.3 Å². The lowest BCUT2D eigenvalue weighted by molar-refractivity contribution is 0.0676. The number of hydrogen-bond donors (Lipinski definition) is 1. The first kappa shape index (κ1) is 19.5. The van der Waals surface area contributed by atoms with Crippen LogP contribution in [0, 0.1) is 0 Å². The van der Waals surface area contributed by atoms with Crippen LogP contribution in [0.2, 0.25) is 0 Å².